The Morgan fingerprint density at radius 2 is 2.19 bits per heavy atom. The van der Waals surface area contributed by atoms with Crippen molar-refractivity contribution in [3.63, 3.8) is 0 Å². The van der Waals surface area contributed by atoms with E-state index in [1.165, 1.54) is 13.2 Å². The minimum atomic E-state index is -0.306. The third-order valence-corrected chi connectivity index (χ3v) is 2.36. The second kappa shape index (κ2) is 6.45. The van der Waals surface area contributed by atoms with Gasteiger partial charge in [-0.2, -0.15) is 0 Å². The van der Waals surface area contributed by atoms with Crippen LogP contribution in [0.2, 0.25) is 0 Å². The first kappa shape index (κ1) is 12.9. The summed E-state index contributed by atoms with van der Waals surface area (Å²) in [6.45, 7) is 2.95. The number of hydrogen-bond acceptors (Lipinski definition) is 3. The van der Waals surface area contributed by atoms with Gasteiger partial charge in [-0.05, 0) is 32.0 Å². The summed E-state index contributed by atoms with van der Waals surface area (Å²) in [6, 6.07) is 4.76. The molecule has 0 aromatic heterocycles. The fraction of sp³-hybridized carbons (Fsp3) is 0.500. The first-order valence-corrected chi connectivity index (χ1v) is 5.34. The molecule has 0 bridgehead atoms. The van der Waals surface area contributed by atoms with Gasteiger partial charge in [0.05, 0.1) is 13.2 Å². The van der Waals surface area contributed by atoms with Gasteiger partial charge in [0.2, 0.25) is 0 Å². The average molecular weight is 227 g/mol. The van der Waals surface area contributed by atoms with Gasteiger partial charge in [0.25, 0.3) is 0 Å². The maximum Gasteiger partial charge on any atom is 0.132 e. The van der Waals surface area contributed by atoms with Crippen LogP contribution in [0.3, 0.4) is 0 Å². The summed E-state index contributed by atoms with van der Waals surface area (Å²) in [5, 5.41) is 0. The van der Waals surface area contributed by atoms with E-state index in [1.54, 1.807) is 12.1 Å². The second-order valence-electron chi connectivity index (χ2n) is 3.54. The zero-order valence-corrected chi connectivity index (χ0v) is 9.70. The molecule has 0 aliphatic carbocycles. The number of ether oxygens (including phenoxy) is 2. The van der Waals surface area contributed by atoms with Gasteiger partial charge in [-0.15, -0.1) is 0 Å². The molecule has 0 fully saturated rings. The maximum atomic E-state index is 13.6. The van der Waals surface area contributed by atoms with E-state index in [4.69, 9.17) is 15.2 Å². The Morgan fingerprint density at radius 1 is 1.44 bits per heavy atom. The van der Waals surface area contributed by atoms with Crippen LogP contribution >= 0.6 is 0 Å². The van der Waals surface area contributed by atoms with Crippen LogP contribution in [0.5, 0.6) is 5.75 Å². The summed E-state index contributed by atoms with van der Waals surface area (Å²) in [6.07, 6.45) is 0.514. The van der Waals surface area contributed by atoms with Crippen molar-refractivity contribution in [3.05, 3.63) is 29.6 Å². The Hall–Kier alpha value is -1.13. The molecule has 0 spiro atoms. The molecule has 0 amide bonds. The van der Waals surface area contributed by atoms with Gasteiger partial charge >= 0.3 is 0 Å². The Morgan fingerprint density at radius 3 is 2.75 bits per heavy atom. The predicted molar refractivity (Wildman–Crippen MR) is 61.0 cm³/mol. The van der Waals surface area contributed by atoms with E-state index in [2.05, 4.69) is 0 Å². The van der Waals surface area contributed by atoms with Crippen molar-refractivity contribution in [3.8, 4) is 5.75 Å². The lowest BCUT2D eigenvalue weighted by Crippen LogP contribution is -2.08. The SMILES string of the molecule is COc1ccc(C(C)OCCCN)c(F)c1. The molecule has 0 saturated carbocycles. The van der Waals surface area contributed by atoms with Gasteiger partial charge in [-0.25, -0.2) is 4.39 Å². The Balaban J connectivity index is 2.64. The quantitative estimate of drug-likeness (QED) is 0.758. The molecule has 1 aromatic carbocycles. The Kier molecular flexibility index (Phi) is 5.22. The Labute approximate surface area is 95.4 Å². The summed E-state index contributed by atoms with van der Waals surface area (Å²) >= 11 is 0. The highest BCUT2D eigenvalue weighted by atomic mass is 19.1. The van der Waals surface area contributed by atoms with Crippen LogP contribution in [0.4, 0.5) is 4.39 Å². The van der Waals surface area contributed by atoms with Crippen molar-refractivity contribution in [1.29, 1.82) is 0 Å². The third kappa shape index (κ3) is 3.47. The van der Waals surface area contributed by atoms with Crippen LogP contribution in [0.15, 0.2) is 18.2 Å². The van der Waals surface area contributed by atoms with Crippen molar-refractivity contribution in [2.45, 2.75) is 19.4 Å². The number of hydrogen-bond donors (Lipinski definition) is 1. The van der Waals surface area contributed by atoms with E-state index in [0.29, 0.717) is 24.5 Å². The fourth-order valence-corrected chi connectivity index (χ4v) is 1.40. The molecule has 16 heavy (non-hydrogen) atoms. The summed E-state index contributed by atoms with van der Waals surface area (Å²) in [7, 11) is 1.51. The highest BCUT2D eigenvalue weighted by Gasteiger charge is 2.11. The highest BCUT2D eigenvalue weighted by Crippen LogP contribution is 2.23. The minimum absolute atomic E-state index is 0.266. The van der Waals surface area contributed by atoms with Crippen LogP contribution < -0.4 is 10.5 Å². The number of nitrogens with two attached hydrogens (primary N) is 1. The number of rotatable bonds is 6. The largest absolute Gasteiger partial charge is 0.497 e. The van der Waals surface area contributed by atoms with Crippen LogP contribution in [0.25, 0.3) is 0 Å². The topological polar surface area (TPSA) is 44.5 Å². The monoisotopic (exact) mass is 227 g/mol. The zero-order valence-electron chi connectivity index (χ0n) is 9.70. The minimum Gasteiger partial charge on any atom is -0.497 e. The molecular formula is C12H18FNO2. The first-order valence-electron chi connectivity index (χ1n) is 5.34. The summed E-state index contributed by atoms with van der Waals surface area (Å²) in [5.41, 5.74) is 5.89. The highest BCUT2D eigenvalue weighted by molar-refractivity contribution is 5.29. The van der Waals surface area contributed by atoms with Crippen molar-refractivity contribution < 1.29 is 13.9 Å². The zero-order chi connectivity index (χ0) is 12.0. The van der Waals surface area contributed by atoms with E-state index in [1.807, 2.05) is 6.92 Å². The van der Waals surface area contributed by atoms with Gasteiger partial charge in [0, 0.05) is 18.2 Å². The standard InChI is InChI=1S/C12H18FNO2/c1-9(16-7-3-6-14)11-5-4-10(15-2)8-12(11)13/h4-5,8-9H,3,6-7,14H2,1-2H3. The molecule has 3 nitrogen and oxygen atoms in total. The molecule has 1 unspecified atom stereocenters. The van der Waals surface area contributed by atoms with Crippen molar-refractivity contribution in [2.24, 2.45) is 5.73 Å². The molecule has 0 aliphatic heterocycles. The first-order chi connectivity index (χ1) is 7.69. The summed E-state index contributed by atoms with van der Waals surface area (Å²) in [5.74, 6) is 0.204. The van der Waals surface area contributed by atoms with E-state index in [-0.39, 0.29) is 11.9 Å². The summed E-state index contributed by atoms with van der Waals surface area (Å²) in [4.78, 5) is 0. The molecule has 0 saturated heterocycles. The molecule has 0 heterocycles. The number of benzene rings is 1. The van der Waals surface area contributed by atoms with E-state index in [9.17, 15) is 4.39 Å². The Bertz CT molecular complexity index is 331. The molecule has 0 radical (unpaired) electrons. The lowest BCUT2D eigenvalue weighted by Gasteiger charge is -2.14. The van der Waals surface area contributed by atoms with Crippen LogP contribution in [0.1, 0.15) is 25.0 Å². The van der Waals surface area contributed by atoms with Crippen LogP contribution in [0, 0.1) is 5.82 Å². The smallest absolute Gasteiger partial charge is 0.132 e. The molecule has 1 rings (SSSR count). The van der Waals surface area contributed by atoms with Crippen LogP contribution in [-0.2, 0) is 4.74 Å². The van der Waals surface area contributed by atoms with Gasteiger partial charge < -0.3 is 15.2 Å². The normalized spacial score (nSPS) is 12.5. The molecule has 0 aliphatic rings. The lowest BCUT2D eigenvalue weighted by atomic mass is 10.1. The van der Waals surface area contributed by atoms with E-state index < -0.39 is 0 Å². The summed E-state index contributed by atoms with van der Waals surface area (Å²) < 4.78 is 24.0. The van der Waals surface area contributed by atoms with E-state index in [0.717, 1.165) is 6.42 Å². The number of methoxy groups -OCH3 is 1. The second-order valence-corrected chi connectivity index (χ2v) is 3.54. The number of halogens is 1. The third-order valence-electron chi connectivity index (χ3n) is 2.36. The predicted octanol–water partition coefficient (Wildman–Crippen LogP) is 2.26. The maximum absolute atomic E-state index is 13.6. The van der Waals surface area contributed by atoms with Crippen molar-refractivity contribution in [1.82, 2.24) is 0 Å². The molecule has 90 valence electrons. The molecule has 1 aromatic rings. The van der Waals surface area contributed by atoms with Crippen molar-refractivity contribution in [2.75, 3.05) is 20.3 Å². The van der Waals surface area contributed by atoms with Crippen LogP contribution in [-0.4, -0.2) is 20.3 Å². The molecule has 4 heteroatoms. The molecular weight excluding hydrogens is 209 g/mol. The van der Waals surface area contributed by atoms with Gasteiger partial charge in [0.15, 0.2) is 0 Å². The lowest BCUT2D eigenvalue weighted by molar-refractivity contribution is 0.0627. The fourth-order valence-electron chi connectivity index (χ4n) is 1.40. The van der Waals surface area contributed by atoms with Gasteiger partial charge in [-0.3, -0.25) is 0 Å². The van der Waals surface area contributed by atoms with Gasteiger partial charge in [-0.1, -0.05) is 0 Å². The molecule has 2 N–H and O–H groups in total. The molecule has 1 atom stereocenters. The van der Waals surface area contributed by atoms with Gasteiger partial charge in [0.1, 0.15) is 11.6 Å². The average Bonchev–Trinajstić information content (AvgIpc) is 2.29. The van der Waals surface area contributed by atoms with E-state index >= 15 is 0 Å². The van der Waals surface area contributed by atoms with Crippen molar-refractivity contribution >= 4 is 0 Å².